The van der Waals surface area contributed by atoms with Crippen molar-refractivity contribution in [3.05, 3.63) is 35.1 Å². The van der Waals surface area contributed by atoms with Gasteiger partial charge in [-0.3, -0.25) is 4.90 Å². The van der Waals surface area contributed by atoms with Gasteiger partial charge in [-0.05, 0) is 49.6 Å². The zero-order chi connectivity index (χ0) is 13.7. The molecule has 102 valence electrons. The van der Waals surface area contributed by atoms with Crippen LogP contribution in [-0.4, -0.2) is 17.5 Å². The van der Waals surface area contributed by atoms with Gasteiger partial charge in [-0.2, -0.15) is 5.26 Å². The van der Waals surface area contributed by atoms with Crippen molar-refractivity contribution in [1.29, 1.82) is 5.26 Å². The molecule has 1 unspecified atom stereocenters. The van der Waals surface area contributed by atoms with Gasteiger partial charge < -0.3 is 0 Å². The lowest BCUT2D eigenvalue weighted by Gasteiger charge is -2.29. The van der Waals surface area contributed by atoms with Gasteiger partial charge in [0.05, 0.1) is 11.6 Å². The van der Waals surface area contributed by atoms with Crippen LogP contribution in [0.4, 0.5) is 4.39 Å². The molecular weight excluding hydrogens is 239 g/mol. The molecule has 0 spiro atoms. The maximum Gasteiger partial charge on any atom is 0.123 e. The molecule has 19 heavy (non-hydrogen) atoms. The van der Waals surface area contributed by atoms with E-state index in [1.54, 1.807) is 6.07 Å². The van der Waals surface area contributed by atoms with Crippen molar-refractivity contribution in [1.82, 2.24) is 4.90 Å². The van der Waals surface area contributed by atoms with Crippen LogP contribution in [0, 0.1) is 17.1 Å². The van der Waals surface area contributed by atoms with Crippen molar-refractivity contribution in [2.45, 2.75) is 51.6 Å². The van der Waals surface area contributed by atoms with Crippen molar-refractivity contribution in [2.75, 3.05) is 6.54 Å². The molecule has 2 rings (SSSR count). The first kappa shape index (κ1) is 14.0. The summed E-state index contributed by atoms with van der Waals surface area (Å²) >= 11 is 0. The number of benzene rings is 1. The van der Waals surface area contributed by atoms with Crippen molar-refractivity contribution in [3.63, 3.8) is 0 Å². The van der Waals surface area contributed by atoms with Crippen LogP contribution < -0.4 is 0 Å². The Kier molecular flexibility index (Phi) is 4.93. The summed E-state index contributed by atoms with van der Waals surface area (Å²) in [6.07, 6.45) is 6.10. The fourth-order valence-corrected chi connectivity index (χ4v) is 2.93. The Morgan fingerprint density at radius 1 is 1.37 bits per heavy atom. The smallest absolute Gasteiger partial charge is 0.123 e. The highest BCUT2D eigenvalue weighted by molar-refractivity contribution is 5.37. The van der Waals surface area contributed by atoms with Gasteiger partial charge in [0.2, 0.25) is 0 Å². The molecular formula is C16H21FN2. The van der Waals surface area contributed by atoms with Crippen LogP contribution in [-0.2, 0) is 6.54 Å². The van der Waals surface area contributed by atoms with Gasteiger partial charge in [-0.1, -0.05) is 19.8 Å². The molecule has 0 radical (unpaired) electrons. The van der Waals surface area contributed by atoms with E-state index in [1.165, 1.54) is 37.8 Å². The molecule has 0 N–H and O–H groups in total. The van der Waals surface area contributed by atoms with Crippen LogP contribution in [0.3, 0.4) is 0 Å². The molecule has 1 aromatic carbocycles. The van der Waals surface area contributed by atoms with Crippen LogP contribution in [0.5, 0.6) is 0 Å². The summed E-state index contributed by atoms with van der Waals surface area (Å²) in [5.41, 5.74) is 1.42. The molecule has 0 bridgehead atoms. The lowest BCUT2D eigenvalue weighted by Crippen LogP contribution is -2.34. The third-order valence-electron chi connectivity index (χ3n) is 4.03. The zero-order valence-corrected chi connectivity index (χ0v) is 11.5. The number of nitrogens with zero attached hydrogens (tertiary/aromatic N) is 2. The van der Waals surface area contributed by atoms with E-state index in [9.17, 15) is 4.39 Å². The summed E-state index contributed by atoms with van der Waals surface area (Å²) < 4.78 is 13.4. The van der Waals surface area contributed by atoms with Crippen molar-refractivity contribution in [2.24, 2.45) is 0 Å². The van der Waals surface area contributed by atoms with Crippen LogP contribution >= 0.6 is 0 Å². The maximum atomic E-state index is 13.4. The molecule has 0 aromatic heterocycles. The predicted molar refractivity (Wildman–Crippen MR) is 74.1 cm³/mol. The molecule has 1 heterocycles. The van der Waals surface area contributed by atoms with Crippen LogP contribution in [0.2, 0.25) is 0 Å². The second-order valence-corrected chi connectivity index (χ2v) is 5.30. The molecule has 1 saturated heterocycles. The fourth-order valence-electron chi connectivity index (χ4n) is 2.93. The Balaban J connectivity index is 2.18. The number of hydrogen-bond donors (Lipinski definition) is 0. The van der Waals surface area contributed by atoms with E-state index in [2.05, 4.69) is 17.9 Å². The van der Waals surface area contributed by atoms with Gasteiger partial charge in [-0.15, -0.1) is 0 Å². The van der Waals surface area contributed by atoms with Crippen molar-refractivity contribution >= 4 is 0 Å². The van der Waals surface area contributed by atoms with E-state index < -0.39 is 0 Å². The highest BCUT2D eigenvalue weighted by Gasteiger charge is 2.20. The van der Waals surface area contributed by atoms with Crippen LogP contribution in [0.25, 0.3) is 0 Å². The van der Waals surface area contributed by atoms with Gasteiger partial charge >= 0.3 is 0 Å². The molecule has 3 heteroatoms. The Bertz CT molecular complexity index is 464. The Morgan fingerprint density at radius 2 is 2.21 bits per heavy atom. The molecule has 1 aromatic rings. The second kappa shape index (κ2) is 6.68. The number of hydrogen-bond acceptors (Lipinski definition) is 2. The SMILES string of the molecule is CCC1CCCCCN1Cc1cc(F)ccc1C#N. The summed E-state index contributed by atoms with van der Waals surface area (Å²) in [5.74, 6) is -0.253. The highest BCUT2D eigenvalue weighted by Crippen LogP contribution is 2.22. The lowest BCUT2D eigenvalue weighted by molar-refractivity contribution is 0.186. The first-order chi connectivity index (χ1) is 9.24. The Hall–Kier alpha value is -1.40. The zero-order valence-electron chi connectivity index (χ0n) is 11.5. The Morgan fingerprint density at radius 3 is 2.95 bits per heavy atom. The lowest BCUT2D eigenvalue weighted by atomic mass is 10.0. The van der Waals surface area contributed by atoms with Gasteiger partial charge in [0.15, 0.2) is 0 Å². The number of halogens is 1. The molecule has 0 amide bonds. The van der Waals surface area contributed by atoms with Gasteiger partial charge in [0.1, 0.15) is 5.82 Å². The Labute approximate surface area is 114 Å². The average molecular weight is 260 g/mol. The molecule has 0 aliphatic carbocycles. The third-order valence-corrected chi connectivity index (χ3v) is 4.03. The minimum Gasteiger partial charge on any atom is -0.296 e. The summed E-state index contributed by atoms with van der Waals surface area (Å²) in [4.78, 5) is 2.42. The normalized spacial score (nSPS) is 20.8. The molecule has 1 aliphatic rings. The van der Waals surface area contributed by atoms with Crippen LogP contribution in [0.1, 0.15) is 50.2 Å². The average Bonchev–Trinajstić information content (AvgIpc) is 2.64. The highest BCUT2D eigenvalue weighted by atomic mass is 19.1. The number of nitriles is 1. The number of rotatable bonds is 3. The summed E-state index contributed by atoms with van der Waals surface area (Å²) in [6, 6.07) is 7.19. The molecule has 1 fully saturated rings. The summed E-state index contributed by atoms with van der Waals surface area (Å²) in [6.45, 7) is 3.96. The summed E-state index contributed by atoms with van der Waals surface area (Å²) in [5, 5.41) is 9.13. The maximum absolute atomic E-state index is 13.4. The topological polar surface area (TPSA) is 27.0 Å². The predicted octanol–water partition coefficient (Wildman–Crippen LogP) is 3.85. The minimum absolute atomic E-state index is 0.253. The third kappa shape index (κ3) is 3.54. The van der Waals surface area contributed by atoms with E-state index in [0.29, 0.717) is 18.2 Å². The first-order valence-corrected chi connectivity index (χ1v) is 7.17. The largest absolute Gasteiger partial charge is 0.296 e. The van der Waals surface area contributed by atoms with Gasteiger partial charge in [0, 0.05) is 12.6 Å². The minimum atomic E-state index is -0.253. The van der Waals surface area contributed by atoms with Crippen molar-refractivity contribution < 1.29 is 4.39 Å². The van der Waals surface area contributed by atoms with Crippen LogP contribution in [0.15, 0.2) is 18.2 Å². The van der Waals surface area contributed by atoms with E-state index >= 15 is 0 Å². The number of likely N-dealkylation sites (tertiary alicyclic amines) is 1. The van der Waals surface area contributed by atoms with Crippen molar-refractivity contribution in [3.8, 4) is 6.07 Å². The van der Waals surface area contributed by atoms with Gasteiger partial charge in [0.25, 0.3) is 0 Å². The van der Waals surface area contributed by atoms with E-state index in [4.69, 9.17) is 5.26 Å². The molecule has 2 nitrogen and oxygen atoms in total. The fraction of sp³-hybridized carbons (Fsp3) is 0.562. The molecule has 1 atom stereocenters. The second-order valence-electron chi connectivity index (χ2n) is 5.30. The molecule has 1 aliphatic heterocycles. The molecule has 0 saturated carbocycles. The van der Waals surface area contributed by atoms with Gasteiger partial charge in [-0.25, -0.2) is 4.39 Å². The standard InChI is InChI=1S/C16H21FN2/c1-2-16-6-4-3-5-9-19(16)12-14-10-15(17)8-7-13(14)11-18/h7-8,10,16H,2-6,9,12H2,1H3. The quantitative estimate of drug-likeness (QED) is 0.825. The van der Waals surface area contributed by atoms with E-state index in [1.807, 2.05) is 0 Å². The van der Waals surface area contributed by atoms with E-state index in [0.717, 1.165) is 18.5 Å². The first-order valence-electron chi connectivity index (χ1n) is 7.17. The monoisotopic (exact) mass is 260 g/mol. The summed E-state index contributed by atoms with van der Waals surface area (Å²) in [7, 11) is 0. The van der Waals surface area contributed by atoms with E-state index in [-0.39, 0.29) is 5.82 Å².